The number of alkyl halides is 1. The van der Waals surface area contributed by atoms with Crippen LogP contribution in [0.15, 0.2) is 54.9 Å². The molecule has 2 aromatic carbocycles. The van der Waals surface area contributed by atoms with E-state index in [4.69, 9.17) is 26.8 Å². The summed E-state index contributed by atoms with van der Waals surface area (Å²) >= 11 is 5.86. The number of rotatable bonds is 11. The van der Waals surface area contributed by atoms with Gasteiger partial charge in [-0.05, 0) is 36.5 Å². The summed E-state index contributed by atoms with van der Waals surface area (Å²) in [7, 11) is 0. The van der Waals surface area contributed by atoms with Gasteiger partial charge < -0.3 is 25.6 Å². The number of halogens is 1. The number of nitrogens with one attached hydrogen (secondary N) is 1. The highest BCUT2D eigenvalue weighted by atomic mass is 35.5. The second-order valence-corrected chi connectivity index (χ2v) is 10.4. The molecular weight excluding hydrogens is 528 g/mol. The van der Waals surface area contributed by atoms with Crippen LogP contribution in [-0.2, 0) is 11.3 Å². The van der Waals surface area contributed by atoms with Gasteiger partial charge in [-0.2, -0.15) is 5.26 Å². The molecule has 1 aliphatic rings. The minimum atomic E-state index is -0.431. The Bertz CT molecular complexity index is 1500. The van der Waals surface area contributed by atoms with Gasteiger partial charge in [0.2, 0.25) is 0 Å². The lowest BCUT2D eigenvalue weighted by Crippen LogP contribution is -2.19. The molecule has 4 aromatic rings. The number of hydrogen-bond acceptors (Lipinski definition) is 8. The standard InChI is InChI=1S/C30H33ClN6O3/c1-19-13-22(17-38)40-30(19)37-28(24(15-32)26-27(33)35-18-36-29(26)37)34-16-20-9-10-23(21-7-3-2-4-8-21)25(14-20)39-12-6-5-11-31/h2-4,7-10,14,18-19,22,30,34,38H,5-6,11-13,16-17H2,1H3,(H2,33,35,36). The summed E-state index contributed by atoms with van der Waals surface area (Å²) in [5, 5.41) is 23.9. The fraction of sp³-hybridized carbons (Fsp3) is 0.367. The van der Waals surface area contributed by atoms with Crippen LogP contribution >= 0.6 is 11.6 Å². The fourth-order valence-corrected chi connectivity index (χ4v) is 5.44. The van der Waals surface area contributed by atoms with Crippen LogP contribution < -0.4 is 15.8 Å². The van der Waals surface area contributed by atoms with Gasteiger partial charge in [0.05, 0.1) is 24.7 Å². The van der Waals surface area contributed by atoms with Gasteiger partial charge in [0.15, 0.2) is 5.65 Å². The van der Waals surface area contributed by atoms with E-state index in [9.17, 15) is 10.4 Å². The molecule has 3 atom stereocenters. The van der Waals surface area contributed by atoms with Crippen molar-refractivity contribution in [3.8, 4) is 22.9 Å². The van der Waals surface area contributed by atoms with E-state index in [1.807, 2.05) is 34.9 Å². The molecule has 0 radical (unpaired) electrons. The lowest BCUT2D eigenvalue weighted by Gasteiger charge is -2.22. The molecule has 0 bridgehead atoms. The van der Waals surface area contributed by atoms with Crippen molar-refractivity contribution >= 4 is 34.3 Å². The Morgan fingerprint density at radius 2 is 2.05 bits per heavy atom. The lowest BCUT2D eigenvalue weighted by molar-refractivity contribution is -0.0282. The second-order valence-electron chi connectivity index (χ2n) is 10.0. The average Bonchev–Trinajstić information content (AvgIpc) is 3.51. The van der Waals surface area contributed by atoms with E-state index in [1.165, 1.54) is 6.33 Å². The smallest absolute Gasteiger partial charge is 0.150 e. The van der Waals surface area contributed by atoms with Crippen LogP contribution in [0.4, 0.5) is 11.6 Å². The predicted molar refractivity (Wildman–Crippen MR) is 156 cm³/mol. The first kappa shape index (κ1) is 27.7. The molecule has 9 nitrogen and oxygen atoms in total. The molecule has 3 heterocycles. The first-order valence-electron chi connectivity index (χ1n) is 13.5. The van der Waals surface area contributed by atoms with Gasteiger partial charge in [-0.15, -0.1) is 11.6 Å². The number of nitrogens with zero attached hydrogens (tertiary/aromatic N) is 4. The van der Waals surface area contributed by atoms with E-state index in [1.54, 1.807) is 0 Å². The molecule has 40 heavy (non-hydrogen) atoms. The number of nitrogen functional groups attached to an aromatic ring is 1. The summed E-state index contributed by atoms with van der Waals surface area (Å²) in [5.41, 5.74) is 10.1. The minimum Gasteiger partial charge on any atom is -0.493 e. The third-order valence-electron chi connectivity index (χ3n) is 7.21. The SMILES string of the molecule is CC1CC(CO)OC1n1c(NCc2ccc(-c3ccccc3)c(OCCCCCl)c2)c(C#N)c2c(N)ncnc21. The molecule has 4 N–H and O–H groups in total. The number of unbranched alkanes of at least 4 members (excludes halogenated alkanes) is 1. The second kappa shape index (κ2) is 12.6. The first-order valence-corrected chi connectivity index (χ1v) is 14.0. The largest absolute Gasteiger partial charge is 0.493 e. The van der Waals surface area contributed by atoms with Gasteiger partial charge in [0.1, 0.15) is 41.6 Å². The maximum Gasteiger partial charge on any atom is 0.150 e. The predicted octanol–water partition coefficient (Wildman–Crippen LogP) is 5.48. The van der Waals surface area contributed by atoms with Crippen LogP contribution in [0, 0.1) is 17.2 Å². The first-order chi connectivity index (χ1) is 19.5. The molecule has 10 heteroatoms. The molecule has 1 fully saturated rings. The van der Waals surface area contributed by atoms with Gasteiger partial charge in [0.25, 0.3) is 0 Å². The molecule has 3 unspecified atom stereocenters. The molecule has 208 valence electrons. The maximum atomic E-state index is 10.2. The number of aromatic nitrogens is 3. The summed E-state index contributed by atoms with van der Waals surface area (Å²) in [4.78, 5) is 8.60. The van der Waals surface area contributed by atoms with Crippen molar-refractivity contribution in [1.29, 1.82) is 5.26 Å². The Labute approximate surface area is 238 Å². The molecular formula is C30H33ClN6O3. The van der Waals surface area contributed by atoms with E-state index in [-0.39, 0.29) is 24.4 Å². The number of ether oxygens (including phenoxy) is 2. The normalized spacial score (nSPS) is 18.6. The molecule has 0 amide bonds. The minimum absolute atomic E-state index is 0.0769. The molecule has 0 aliphatic carbocycles. The Balaban J connectivity index is 1.50. The van der Waals surface area contributed by atoms with E-state index in [0.29, 0.717) is 47.9 Å². The maximum absolute atomic E-state index is 10.2. The van der Waals surface area contributed by atoms with Crippen LogP contribution in [0.3, 0.4) is 0 Å². The highest BCUT2D eigenvalue weighted by Gasteiger charge is 2.37. The molecule has 0 saturated carbocycles. The number of benzene rings is 2. The number of nitrogens with two attached hydrogens (primary N) is 1. The molecule has 1 saturated heterocycles. The number of hydrogen-bond donors (Lipinski definition) is 3. The van der Waals surface area contributed by atoms with Crippen LogP contribution in [-0.4, -0.2) is 44.8 Å². The van der Waals surface area contributed by atoms with Crippen LogP contribution in [0.1, 0.15) is 43.5 Å². The highest BCUT2D eigenvalue weighted by molar-refractivity contribution is 6.17. The van der Waals surface area contributed by atoms with Crippen molar-refractivity contribution in [1.82, 2.24) is 14.5 Å². The number of aliphatic hydroxyl groups is 1. The average molecular weight is 561 g/mol. The van der Waals surface area contributed by atoms with Crippen molar-refractivity contribution < 1.29 is 14.6 Å². The van der Waals surface area contributed by atoms with Crippen molar-refractivity contribution in [3.05, 3.63) is 66.0 Å². The zero-order valence-corrected chi connectivity index (χ0v) is 23.1. The number of nitriles is 1. The van der Waals surface area contributed by atoms with Crippen molar-refractivity contribution in [3.63, 3.8) is 0 Å². The van der Waals surface area contributed by atoms with Crippen LogP contribution in [0.25, 0.3) is 22.2 Å². The quantitative estimate of drug-likeness (QED) is 0.162. The number of aliphatic hydroxyl groups excluding tert-OH is 1. The monoisotopic (exact) mass is 560 g/mol. The summed E-state index contributed by atoms with van der Waals surface area (Å²) < 4.78 is 14.3. The Kier molecular flexibility index (Phi) is 8.70. The third kappa shape index (κ3) is 5.56. The summed E-state index contributed by atoms with van der Waals surface area (Å²) in [6, 6.07) is 18.6. The zero-order valence-electron chi connectivity index (χ0n) is 22.4. The summed E-state index contributed by atoms with van der Waals surface area (Å²) in [6.07, 6.45) is 3.10. The molecule has 1 aliphatic heterocycles. The van der Waals surface area contributed by atoms with E-state index < -0.39 is 6.23 Å². The van der Waals surface area contributed by atoms with Crippen LogP contribution in [0.5, 0.6) is 5.75 Å². The van der Waals surface area contributed by atoms with Crippen LogP contribution in [0.2, 0.25) is 0 Å². The van der Waals surface area contributed by atoms with Crippen molar-refractivity contribution in [2.24, 2.45) is 5.92 Å². The van der Waals surface area contributed by atoms with E-state index in [0.717, 1.165) is 35.3 Å². The Morgan fingerprint density at radius 1 is 1.23 bits per heavy atom. The topological polar surface area (TPSA) is 131 Å². The van der Waals surface area contributed by atoms with Crippen molar-refractivity contribution in [2.45, 2.75) is 45.1 Å². The van der Waals surface area contributed by atoms with E-state index >= 15 is 0 Å². The molecule has 0 spiro atoms. The lowest BCUT2D eigenvalue weighted by atomic mass is 10.0. The third-order valence-corrected chi connectivity index (χ3v) is 7.48. The van der Waals surface area contributed by atoms with Gasteiger partial charge >= 0.3 is 0 Å². The summed E-state index contributed by atoms with van der Waals surface area (Å²) in [5.74, 6) is 2.25. The zero-order chi connectivity index (χ0) is 28.1. The highest BCUT2D eigenvalue weighted by Crippen LogP contribution is 2.42. The van der Waals surface area contributed by atoms with E-state index in [2.05, 4.69) is 46.5 Å². The Hall–Kier alpha value is -3.84. The van der Waals surface area contributed by atoms with Gasteiger partial charge in [-0.3, -0.25) is 4.57 Å². The number of fused-ring (bicyclic) bond motifs is 1. The van der Waals surface area contributed by atoms with Crippen molar-refractivity contribution in [2.75, 3.05) is 30.1 Å². The Morgan fingerprint density at radius 3 is 2.77 bits per heavy atom. The van der Waals surface area contributed by atoms with Gasteiger partial charge in [0, 0.05) is 23.9 Å². The molecule has 5 rings (SSSR count). The van der Waals surface area contributed by atoms with Gasteiger partial charge in [-0.1, -0.05) is 49.4 Å². The molecule has 2 aromatic heterocycles. The fourth-order valence-electron chi connectivity index (χ4n) is 5.25. The van der Waals surface area contributed by atoms with Gasteiger partial charge in [-0.25, -0.2) is 9.97 Å². The summed E-state index contributed by atoms with van der Waals surface area (Å²) in [6.45, 7) is 2.96. The number of anilines is 2.